The summed E-state index contributed by atoms with van der Waals surface area (Å²) < 4.78 is 0. The van der Waals surface area contributed by atoms with E-state index in [0.29, 0.717) is 12.1 Å². The first-order chi connectivity index (χ1) is 9.56. The molecular formula is C15H16N2O3. The van der Waals surface area contributed by atoms with E-state index in [1.54, 1.807) is 6.20 Å². The van der Waals surface area contributed by atoms with E-state index in [4.69, 9.17) is 0 Å². The maximum atomic E-state index is 12.1. The molecule has 0 spiro atoms. The summed E-state index contributed by atoms with van der Waals surface area (Å²) in [5.74, 6) is -0.648. The van der Waals surface area contributed by atoms with Gasteiger partial charge in [-0.1, -0.05) is 6.07 Å². The van der Waals surface area contributed by atoms with Crippen LogP contribution in [0.1, 0.15) is 16.1 Å². The second-order valence-corrected chi connectivity index (χ2v) is 4.62. The average Bonchev–Trinajstić information content (AvgIpc) is 2.42. The number of Topliss-reactive ketones (excluding diaryl/α,β-unsaturated/α-hetero) is 1. The molecule has 1 aromatic carbocycles. The Balaban J connectivity index is 1.98. The van der Waals surface area contributed by atoms with Crippen molar-refractivity contribution >= 4 is 5.78 Å². The standard InChI is InChI=1S/C15H16N2O3/c1-17(9-12-4-2-3-7-16-12)10-15(20)11-5-6-13(18)14(19)8-11/h2-8,18-19H,9-10H2,1H3. The zero-order valence-corrected chi connectivity index (χ0v) is 11.2. The van der Waals surface area contributed by atoms with Gasteiger partial charge in [0.15, 0.2) is 17.3 Å². The zero-order valence-electron chi connectivity index (χ0n) is 11.2. The van der Waals surface area contributed by atoms with Gasteiger partial charge in [-0.25, -0.2) is 0 Å². The number of aromatic nitrogens is 1. The van der Waals surface area contributed by atoms with Crippen LogP contribution in [0, 0.1) is 0 Å². The van der Waals surface area contributed by atoms with Crippen LogP contribution >= 0.6 is 0 Å². The molecule has 2 aromatic rings. The summed E-state index contributed by atoms with van der Waals surface area (Å²) in [6, 6.07) is 9.71. The van der Waals surface area contributed by atoms with Crippen LogP contribution in [0.15, 0.2) is 42.6 Å². The summed E-state index contributed by atoms with van der Waals surface area (Å²) in [5, 5.41) is 18.6. The third-order valence-electron chi connectivity index (χ3n) is 2.87. The molecule has 2 N–H and O–H groups in total. The summed E-state index contributed by atoms with van der Waals surface area (Å²) >= 11 is 0. The molecule has 5 nitrogen and oxygen atoms in total. The predicted molar refractivity (Wildman–Crippen MR) is 74.7 cm³/mol. The topological polar surface area (TPSA) is 73.7 Å². The highest BCUT2D eigenvalue weighted by Crippen LogP contribution is 2.25. The number of rotatable bonds is 5. The number of ketones is 1. The van der Waals surface area contributed by atoms with E-state index in [1.807, 2.05) is 30.1 Å². The summed E-state index contributed by atoms with van der Waals surface area (Å²) in [4.78, 5) is 18.1. The van der Waals surface area contributed by atoms with Gasteiger partial charge in [-0.15, -0.1) is 0 Å². The van der Waals surface area contributed by atoms with Gasteiger partial charge in [-0.3, -0.25) is 14.7 Å². The highest BCUT2D eigenvalue weighted by molar-refractivity contribution is 5.98. The molecule has 0 bridgehead atoms. The first kappa shape index (κ1) is 14.0. The van der Waals surface area contributed by atoms with Gasteiger partial charge in [-0.2, -0.15) is 0 Å². The number of hydrogen-bond donors (Lipinski definition) is 2. The third-order valence-corrected chi connectivity index (χ3v) is 2.87. The number of carbonyl (C=O) groups is 1. The molecule has 0 saturated heterocycles. The van der Waals surface area contributed by atoms with E-state index in [9.17, 15) is 15.0 Å². The fourth-order valence-corrected chi connectivity index (χ4v) is 1.86. The summed E-state index contributed by atoms with van der Waals surface area (Å²) in [7, 11) is 1.83. The van der Waals surface area contributed by atoms with Crippen LogP contribution in [-0.4, -0.2) is 39.5 Å². The van der Waals surface area contributed by atoms with Crippen LogP contribution in [0.2, 0.25) is 0 Å². The fourth-order valence-electron chi connectivity index (χ4n) is 1.86. The van der Waals surface area contributed by atoms with Crippen LogP contribution in [0.25, 0.3) is 0 Å². The second-order valence-electron chi connectivity index (χ2n) is 4.62. The van der Waals surface area contributed by atoms with Crippen molar-refractivity contribution in [1.29, 1.82) is 0 Å². The van der Waals surface area contributed by atoms with Gasteiger partial charge >= 0.3 is 0 Å². The summed E-state index contributed by atoms with van der Waals surface area (Å²) in [5.41, 5.74) is 1.25. The molecule has 0 amide bonds. The average molecular weight is 272 g/mol. The monoisotopic (exact) mass is 272 g/mol. The number of nitrogens with zero attached hydrogens (tertiary/aromatic N) is 2. The second kappa shape index (κ2) is 6.16. The number of carbonyl (C=O) groups excluding carboxylic acids is 1. The fraction of sp³-hybridized carbons (Fsp3) is 0.200. The van der Waals surface area contributed by atoms with Crippen LogP contribution in [0.3, 0.4) is 0 Å². The molecule has 0 saturated carbocycles. The third kappa shape index (κ3) is 3.55. The highest BCUT2D eigenvalue weighted by Gasteiger charge is 2.12. The number of aromatic hydroxyl groups is 2. The molecular weight excluding hydrogens is 256 g/mol. The lowest BCUT2D eigenvalue weighted by Gasteiger charge is -2.15. The molecule has 0 fully saturated rings. The lowest BCUT2D eigenvalue weighted by molar-refractivity contribution is 0.0942. The molecule has 1 aromatic heterocycles. The lowest BCUT2D eigenvalue weighted by atomic mass is 10.1. The molecule has 20 heavy (non-hydrogen) atoms. The smallest absolute Gasteiger partial charge is 0.176 e. The van der Waals surface area contributed by atoms with E-state index in [2.05, 4.69) is 4.98 Å². The van der Waals surface area contributed by atoms with Crippen LogP contribution in [0.5, 0.6) is 11.5 Å². The number of phenols is 2. The first-order valence-corrected chi connectivity index (χ1v) is 6.20. The lowest BCUT2D eigenvalue weighted by Crippen LogP contribution is -2.26. The SMILES string of the molecule is CN(CC(=O)c1ccc(O)c(O)c1)Cc1ccccn1. The van der Waals surface area contributed by atoms with E-state index in [0.717, 1.165) is 5.69 Å². The molecule has 0 unspecified atom stereocenters. The largest absolute Gasteiger partial charge is 0.504 e. The summed E-state index contributed by atoms with van der Waals surface area (Å²) in [6.45, 7) is 0.775. The molecule has 0 radical (unpaired) electrons. The maximum Gasteiger partial charge on any atom is 0.176 e. The van der Waals surface area contributed by atoms with Gasteiger partial charge in [0.25, 0.3) is 0 Å². The molecule has 0 aliphatic carbocycles. The number of hydrogen-bond acceptors (Lipinski definition) is 5. The van der Waals surface area contributed by atoms with Gasteiger partial charge in [-0.05, 0) is 37.4 Å². The summed E-state index contributed by atoms with van der Waals surface area (Å²) in [6.07, 6.45) is 1.71. The van der Waals surface area contributed by atoms with Crippen molar-refractivity contribution in [3.63, 3.8) is 0 Å². The Hall–Kier alpha value is -2.40. The Bertz CT molecular complexity index is 599. The minimum absolute atomic E-state index is 0.126. The number of pyridine rings is 1. The van der Waals surface area contributed by atoms with Gasteiger partial charge in [0.05, 0.1) is 12.2 Å². The number of likely N-dealkylation sites (N-methyl/N-ethyl adjacent to an activating group) is 1. The molecule has 0 atom stereocenters. The quantitative estimate of drug-likeness (QED) is 0.641. The van der Waals surface area contributed by atoms with Crippen molar-refractivity contribution < 1.29 is 15.0 Å². The van der Waals surface area contributed by atoms with Crippen molar-refractivity contribution in [3.8, 4) is 11.5 Å². The molecule has 0 aliphatic rings. The highest BCUT2D eigenvalue weighted by atomic mass is 16.3. The van der Waals surface area contributed by atoms with E-state index in [1.165, 1.54) is 18.2 Å². The molecule has 5 heteroatoms. The van der Waals surface area contributed by atoms with E-state index < -0.39 is 0 Å². The minimum atomic E-state index is -0.289. The van der Waals surface area contributed by atoms with Crippen molar-refractivity contribution in [2.75, 3.05) is 13.6 Å². The van der Waals surface area contributed by atoms with Crippen molar-refractivity contribution in [3.05, 3.63) is 53.9 Å². The Kier molecular flexibility index (Phi) is 4.32. The Morgan fingerprint density at radius 3 is 2.65 bits per heavy atom. The molecule has 0 aliphatic heterocycles. The predicted octanol–water partition coefficient (Wildman–Crippen LogP) is 1.81. The van der Waals surface area contributed by atoms with Crippen molar-refractivity contribution in [1.82, 2.24) is 9.88 Å². The van der Waals surface area contributed by atoms with Crippen LogP contribution < -0.4 is 0 Å². The van der Waals surface area contributed by atoms with Gasteiger partial charge in [0, 0.05) is 18.3 Å². The molecule has 2 rings (SSSR count). The maximum absolute atomic E-state index is 12.1. The first-order valence-electron chi connectivity index (χ1n) is 6.20. The molecule has 1 heterocycles. The minimum Gasteiger partial charge on any atom is -0.504 e. The Labute approximate surface area is 117 Å². The van der Waals surface area contributed by atoms with Gasteiger partial charge in [0.1, 0.15) is 0 Å². The molecule has 104 valence electrons. The van der Waals surface area contributed by atoms with E-state index in [-0.39, 0.29) is 23.8 Å². The van der Waals surface area contributed by atoms with Gasteiger partial charge < -0.3 is 10.2 Å². The van der Waals surface area contributed by atoms with Crippen molar-refractivity contribution in [2.24, 2.45) is 0 Å². The zero-order chi connectivity index (χ0) is 14.5. The Morgan fingerprint density at radius 1 is 1.20 bits per heavy atom. The Morgan fingerprint density at radius 2 is 2.00 bits per heavy atom. The number of benzene rings is 1. The van der Waals surface area contributed by atoms with Crippen LogP contribution in [0.4, 0.5) is 0 Å². The van der Waals surface area contributed by atoms with Crippen molar-refractivity contribution in [2.45, 2.75) is 6.54 Å². The van der Waals surface area contributed by atoms with Gasteiger partial charge in [0.2, 0.25) is 0 Å². The van der Waals surface area contributed by atoms with Crippen LogP contribution in [-0.2, 0) is 6.54 Å². The normalized spacial score (nSPS) is 10.7. The number of phenolic OH excluding ortho intramolecular Hbond substituents is 2. The van der Waals surface area contributed by atoms with E-state index >= 15 is 0 Å².